The molecule has 0 atom stereocenters. The normalized spacial score (nSPS) is 11.7. The summed E-state index contributed by atoms with van der Waals surface area (Å²) >= 11 is 0. The first-order chi connectivity index (χ1) is 36.4. The Hall–Kier alpha value is -0.780. The molecule has 0 unspecified atom stereocenters. The van der Waals surface area contributed by atoms with Crippen molar-refractivity contribution in [3.63, 3.8) is 0 Å². The number of unbranched alkanes of at least 4 members (excludes halogenated alkanes) is 64. The van der Waals surface area contributed by atoms with Gasteiger partial charge in [0.05, 0.1) is 0 Å². The van der Waals surface area contributed by atoms with Gasteiger partial charge in [0, 0.05) is 0 Å². The van der Waals surface area contributed by atoms with Crippen molar-refractivity contribution in [2.24, 2.45) is 0 Å². The first-order valence-electron chi connectivity index (χ1n) is 35.5. The molecule has 0 heterocycles. The van der Waals surface area contributed by atoms with Gasteiger partial charge < -0.3 is 0 Å². The average Bonchev–Trinajstić information content (AvgIpc) is 3.41. The first kappa shape index (κ1) is 70.2. The average molecular weight is 1020 g/mol. The summed E-state index contributed by atoms with van der Waals surface area (Å²) in [5, 5.41) is 0. The van der Waals surface area contributed by atoms with Crippen molar-refractivity contribution in [2.75, 3.05) is 0 Å². The summed E-state index contributed by atoms with van der Waals surface area (Å²) in [6.07, 6.45) is 97.8. The van der Waals surface area contributed by atoms with Crippen LogP contribution in [0.5, 0.6) is 0 Å². The lowest BCUT2D eigenvalue weighted by Gasteiger charge is -2.05. The smallest absolute Gasteiger partial charge is 0.0279 e. The van der Waals surface area contributed by atoms with Gasteiger partial charge in [-0.1, -0.05) is 448 Å². The van der Waals surface area contributed by atoms with Gasteiger partial charge in [-0.3, -0.25) is 0 Å². The Balaban J connectivity index is 1.58. The van der Waals surface area contributed by atoms with E-state index in [-0.39, 0.29) is 0 Å². The Labute approximate surface area is 464 Å². The fourth-order valence-electron chi connectivity index (χ4n) is 12.2. The van der Waals surface area contributed by atoms with Crippen molar-refractivity contribution in [3.8, 4) is 0 Å². The highest BCUT2D eigenvalue weighted by atomic mass is 14.1. The van der Waals surface area contributed by atoms with E-state index in [4.69, 9.17) is 0 Å². The molecule has 0 heteroatoms. The lowest BCUT2D eigenvalue weighted by Crippen LogP contribution is -1.86. The standard InChI is InChI=1S/C73H140/c1-2-3-4-5-6-7-8-9-10-11-12-13-14-15-16-17-18-19-20-21-22-23-24-25-26-27-28-29-30-31-32-33-34-35-36-37-38-39-40-41-42-43-44-45-46-47-48-49-50-51-52-53-54-55-56-57-58-59-60-61-62-63-64-65-67-70-73-71-68-66-69-72-73/h66,68-69,71-72H,2-65,67,70H2,1H3. The maximum Gasteiger partial charge on any atom is -0.0279 e. The summed E-state index contributed by atoms with van der Waals surface area (Å²) in [5.74, 6) is 0. The van der Waals surface area contributed by atoms with Crippen LogP contribution in [-0.4, -0.2) is 0 Å². The summed E-state index contributed by atoms with van der Waals surface area (Å²) in [4.78, 5) is 0. The molecular weight excluding hydrogens is 877 g/mol. The van der Waals surface area contributed by atoms with E-state index in [0.29, 0.717) is 0 Å². The molecule has 0 radical (unpaired) electrons. The highest BCUT2D eigenvalue weighted by molar-refractivity contribution is 5.14. The maximum atomic E-state index is 2.32. The molecule has 0 nitrogen and oxygen atoms in total. The molecule has 432 valence electrons. The summed E-state index contributed by atoms with van der Waals surface area (Å²) in [7, 11) is 0. The van der Waals surface area contributed by atoms with Gasteiger partial charge in [-0.25, -0.2) is 0 Å². The molecule has 0 bridgehead atoms. The second kappa shape index (κ2) is 65.5. The number of rotatable bonds is 66. The molecule has 73 heavy (non-hydrogen) atoms. The monoisotopic (exact) mass is 1020 g/mol. The van der Waals surface area contributed by atoms with E-state index in [9.17, 15) is 0 Å². The zero-order chi connectivity index (χ0) is 51.8. The van der Waals surface area contributed by atoms with Gasteiger partial charge >= 0.3 is 0 Å². The van der Waals surface area contributed by atoms with Crippen LogP contribution < -0.4 is 0 Å². The molecular formula is C73H140. The minimum Gasteiger partial charge on any atom is -0.0654 e. The Morgan fingerprint density at radius 1 is 0.151 bits per heavy atom. The molecule has 1 aromatic rings. The van der Waals surface area contributed by atoms with Gasteiger partial charge in [0.25, 0.3) is 0 Å². The Morgan fingerprint density at radius 3 is 0.411 bits per heavy atom. The van der Waals surface area contributed by atoms with Gasteiger partial charge in [0.2, 0.25) is 0 Å². The molecule has 1 rings (SSSR count). The predicted molar refractivity (Wildman–Crippen MR) is 336 cm³/mol. The summed E-state index contributed by atoms with van der Waals surface area (Å²) in [6, 6.07) is 11.0. The predicted octanol–water partition coefficient (Wildman–Crippen LogP) is 27.6. The van der Waals surface area contributed by atoms with Gasteiger partial charge in [-0.15, -0.1) is 0 Å². The fraction of sp³-hybridized carbons (Fsp3) is 0.918. The summed E-state index contributed by atoms with van der Waals surface area (Å²) in [6.45, 7) is 2.32. The van der Waals surface area contributed by atoms with Crippen LogP contribution in [0.1, 0.15) is 430 Å². The van der Waals surface area contributed by atoms with Crippen LogP contribution in [0.4, 0.5) is 0 Å². The van der Waals surface area contributed by atoms with Crippen molar-refractivity contribution in [1.82, 2.24) is 0 Å². The van der Waals surface area contributed by atoms with Crippen molar-refractivity contribution < 1.29 is 0 Å². The van der Waals surface area contributed by atoms with Crippen LogP contribution in [0.3, 0.4) is 0 Å². The zero-order valence-corrected chi connectivity index (χ0v) is 51.1. The highest BCUT2D eigenvalue weighted by Crippen LogP contribution is 2.21. The lowest BCUT2D eigenvalue weighted by atomic mass is 10.0. The van der Waals surface area contributed by atoms with Gasteiger partial charge in [0.15, 0.2) is 0 Å². The largest absolute Gasteiger partial charge is 0.0654 e. The van der Waals surface area contributed by atoms with Crippen LogP contribution in [0.15, 0.2) is 30.3 Å². The lowest BCUT2D eigenvalue weighted by molar-refractivity contribution is 0.506. The Bertz CT molecular complexity index is 1060. The summed E-state index contributed by atoms with van der Waals surface area (Å²) in [5.41, 5.74) is 1.51. The van der Waals surface area contributed by atoms with E-state index in [0.717, 1.165) is 0 Å². The Morgan fingerprint density at radius 2 is 0.274 bits per heavy atom. The fourth-order valence-corrected chi connectivity index (χ4v) is 12.2. The zero-order valence-electron chi connectivity index (χ0n) is 51.1. The SMILES string of the molecule is CCCCCCCCCCCCCCCCCCCCCCCCCCCCCCCCCCCCCCCCCCCCCCCCCCCCCCCCCCCCCCCCCCCc1ccccc1. The van der Waals surface area contributed by atoms with Crippen LogP contribution in [-0.2, 0) is 6.42 Å². The molecule has 0 aliphatic rings. The maximum absolute atomic E-state index is 2.32. The van der Waals surface area contributed by atoms with Crippen LogP contribution in [0.25, 0.3) is 0 Å². The van der Waals surface area contributed by atoms with Crippen LogP contribution in [0.2, 0.25) is 0 Å². The topological polar surface area (TPSA) is 0 Å². The number of benzene rings is 1. The van der Waals surface area contributed by atoms with E-state index < -0.39 is 0 Å². The van der Waals surface area contributed by atoms with Gasteiger partial charge in [0.1, 0.15) is 0 Å². The minimum atomic E-state index is 1.26. The van der Waals surface area contributed by atoms with Crippen LogP contribution >= 0.6 is 0 Å². The molecule has 0 aliphatic carbocycles. The van der Waals surface area contributed by atoms with E-state index >= 15 is 0 Å². The van der Waals surface area contributed by atoms with Crippen molar-refractivity contribution in [3.05, 3.63) is 35.9 Å². The molecule has 0 spiro atoms. The third-order valence-electron chi connectivity index (χ3n) is 17.4. The van der Waals surface area contributed by atoms with Crippen LogP contribution in [0, 0.1) is 0 Å². The van der Waals surface area contributed by atoms with E-state index in [1.807, 2.05) is 0 Å². The third kappa shape index (κ3) is 61.9. The van der Waals surface area contributed by atoms with Gasteiger partial charge in [-0.05, 0) is 18.4 Å². The number of hydrogen-bond acceptors (Lipinski definition) is 0. The molecule has 0 aliphatic heterocycles. The van der Waals surface area contributed by atoms with Gasteiger partial charge in [-0.2, -0.15) is 0 Å². The second-order valence-corrected chi connectivity index (χ2v) is 24.9. The summed E-state index contributed by atoms with van der Waals surface area (Å²) < 4.78 is 0. The molecule has 1 aromatic carbocycles. The molecule has 0 fully saturated rings. The first-order valence-corrected chi connectivity index (χ1v) is 35.5. The molecule has 0 saturated carbocycles. The van der Waals surface area contributed by atoms with Crippen molar-refractivity contribution >= 4 is 0 Å². The highest BCUT2D eigenvalue weighted by Gasteiger charge is 2.01. The molecule has 0 amide bonds. The number of aryl methyl sites for hydroxylation is 1. The van der Waals surface area contributed by atoms with E-state index in [1.54, 1.807) is 0 Å². The van der Waals surface area contributed by atoms with Crippen molar-refractivity contribution in [1.29, 1.82) is 0 Å². The quantitative estimate of drug-likeness (QED) is 0.0571. The number of hydrogen-bond donors (Lipinski definition) is 0. The van der Waals surface area contributed by atoms with E-state index in [1.165, 1.54) is 429 Å². The molecule has 0 aromatic heterocycles. The van der Waals surface area contributed by atoms with Crippen molar-refractivity contribution in [2.45, 2.75) is 431 Å². The third-order valence-corrected chi connectivity index (χ3v) is 17.4. The molecule has 0 N–H and O–H groups in total. The molecule has 0 saturated heterocycles. The minimum absolute atomic E-state index is 1.26. The second-order valence-electron chi connectivity index (χ2n) is 24.9. The van der Waals surface area contributed by atoms with E-state index in [2.05, 4.69) is 37.3 Å². The Kier molecular flexibility index (Phi) is 63.0.